The number of nitrogens with one attached hydrogen (secondary N) is 2. The van der Waals surface area contributed by atoms with E-state index < -0.39 is 0 Å². The van der Waals surface area contributed by atoms with Crippen molar-refractivity contribution in [2.45, 2.75) is 141 Å². The average molecular weight is 621 g/mol. The summed E-state index contributed by atoms with van der Waals surface area (Å²) >= 11 is 0. The zero-order valence-corrected chi connectivity index (χ0v) is 31.3. The molecule has 2 amide bonds. The number of amides is 2. The van der Waals surface area contributed by atoms with Crippen LogP contribution < -0.4 is 10.6 Å². The minimum absolute atomic E-state index is 0.0687. The third kappa shape index (κ3) is 9.39. The van der Waals surface area contributed by atoms with E-state index in [0.717, 1.165) is 55.5 Å². The first-order valence-electron chi connectivity index (χ1n) is 16.9. The number of rotatable bonds is 8. The van der Waals surface area contributed by atoms with Gasteiger partial charge in [-0.05, 0) is 99.7 Å². The Morgan fingerprint density at radius 3 is 1.49 bits per heavy atom. The van der Waals surface area contributed by atoms with Crippen LogP contribution in [0.25, 0.3) is 0 Å². The van der Waals surface area contributed by atoms with Crippen molar-refractivity contribution < 1.29 is 9.59 Å². The first-order valence-corrected chi connectivity index (χ1v) is 16.9. The van der Waals surface area contributed by atoms with Gasteiger partial charge in [0.1, 0.15) is 0 Å². The van der Waals surface area contributed by atoms with Crippen LogP contribution in [0.1, 0.15) is 128 Å². The van der Waals surface area contributed by atoms with Crippen molar-refractivity contribution in [3.8, 4) is 0 Å². The van der Waals surface area contributed by atoms with E-state index in [1.165, 1.54) is 0 Å². The highest BCUT2D eigenvalue weighted by atomic mass is 16.2. The van der Waals surface area contributed by atoms with Crippen molar-refractivity contribution in [2.24, 2.45) is 21.7 Å². The van der Waals surface area contributed by atoms with Gasteiger partial charge in [-0.3, -0.25) is 9.59 Å². The van der Waals surface area contributed by atoms with Gasteiger partial charge in [0.2, 0.25) is 0 Å². The molecule has 2 aliphatic heterocycles. The van der Waals surface area contributed by atoms with Crippen LogP contribution >= 0.6 is 0 Å². The fraction of sp³-hybridized carbons (Fsp3) is 0.692. The normalized spacial score (nSPS) is 19.1. The maximum absolute atomic E-state index is 13.9. The Labute approximate surface area is 275 Å². The van der Waals surface area contributed by atoms with Gasteiger partial charge in [-0.15, -0.1) is 0 Å². The summed E-state index contributed by atoms with van der Waals surface area (Å²) < 4.78 is 0. The average Bonchev–Trinajstić information content (AvgIpc) is 2.82. The summed E-state index contributed by atoms with van der Waals surface area (Å²) in [5.74, 6) is -0.180. The molecular formula is C39H64N4O2. The summed E-state index contributed by atoms with van der Waals surface area (Å²) in [5, 5.41) is 6.37. The van der Waals surface area contributed by atoms with E-state index in [1.54, 1.807) is 0 Å². The van der Waals surface area contributed by atoms with Gasteiger partial charge in [-0.1, -0.05) is 75.3 Å². The summed E-state index contributed by atoms with van der Waals surface area (Å²) in [6.07, 6.45) is 8.03. The summed E-state index contributed by atoms with van der Waals surface area (Å²) in [6, 6.07) is 5.77. The van der Waals surface area contributed by atoms with E-state index in [2.05, 4.69) is 130 Å². The Kier molecular flexibility index (Phi) is 10.2. The molecule has 1 aromatic carbocycles. The number of hydrogen-bond donors (Lipinski definition) is 2. The number of hydrogen-bond acceptors (Lipinski definition) is 4. The first-order chi connectivity index (χ1) is 20.2. The van der Waals surface area contributed by atoms with Gasteiger partial charge >= 0.3 is 0 Å². The highest BCUT2D eigenvalue weighted by Crippen LogP contribution is 2.42. The number of nitrogens with zero attached hydrogens (tertiary/aromatic N) is 2. The Morgan fingerprint density at radius 2 is 1.09 bits per heavy atom. The maximum atomic E-state index is 13.9. The minimum Gasteiger partial charge on any atom is -0.372 e. The number of carbonyl (C=O) groups is 2. The van der Waals surface area contributed by atoms with Gasteiger partial charge < -0.3 is 20.4 Å². The lowest BCUT2D eigenvalue weighted by molar-refractivity contribution is -0.115. The van der Waals surface area contributed by atoms with Crippen LogP contribution in [0.2, 0.25) is 0 Å². The van der Waals surface area contributed by atoms with Crippen LogP contribution in [0.4, 0.5) is 11.4 Å². The quantitative estimate of drug-likeness (QED) is 0.304. The fourth-order valence-electron chi connectivity index (χ4n) is 7.57. The van der Waals surface area contributed by atoms with Crippen LogP contribution in [0.3, 0.4) is 0 Å². The topological polar surface area (TPSA) is 64.7 Å². The molecule has 6 nitrogen and oxygen atoms in total. The van der Waals surface area contributed by atoms with E-state index in [0.29, 0.717) is 11.4 Å². The molecular weight excluding hydrogens is 556 g/mol. The molecule has 0 radical (unpaired) electrons. The Bertz CT molecular complexity index is 1330. The van der Waals surface area contributed by atoms with Crippen molar-refractivity contribution in [3.63, 3.8) is 0 Å². The predicted molar refractivity (Wildman–Crippen MR) is 191 cm³/mol. The molecule has 3 rings (SSSR count). The van der Waals surface area contributed by atoms with E-state index in [4.69, 9.17) is 0 Å². The Morgan fingerprint density at radius 1 is 0.689 bits per heavy atom. The summed E-state index contributed by atoms with van der Waals surface area (Å²) in [7, 11) is 0. The first kappa shape index (κ1) is 36.7. The third-order valence-electron chi connectivity index (χ3n) is 9.70. The van der Waals surface area contributed by atoms with Crippen molar-refractivity contribution in [2.75, 3.05) is 23.7 Å². The van der Waals surface area contributed by atoms with Gasteiger partial charge in [0.25, 0.3) is 11.8 Å². The molecule has 0 atom stereocenters. The van der Waals surface area contributed by atoms with Crippen molar-refractivity contribution in [1.29, 1.82) is 0 Å². The second kappa shape index (κ2) is 12.4. The molecule has 2 aliphatic rings. The molecule has 6 heteroatoms. The van der Waals surface area contributed by atoms with Crippen LogP contribution in [-0.2, 0) is 9.59 Å². The van der Waals surface area contributed by atoms with Gasteiger partial charge in [-0.25, -0.2) is 0 Å². The zero-order valence-electron chi connectivity index (χ0n) is 31.3. The summed E-state index contributed by atoms with van der Waals surface area (Å²) in [6.45, 7) is 35.1. The van der Waals surface area contributed by atoms with Crippen molar-refractivity contribution in [3.05, 3.63) is 47.3 Å². The van der Waals surface area contributed by atoms with Crippen LogP contribution in [0, 0.1) is 28.6 Å². The largest absolute Gasteiger partial charge is 0.372 e. The molecule has 2 N–H and O–H groups in total. The molecule has 0 aromatic heterocycles. The Hall–Kier alpha value is -2.76. The fourth-order valence-corrected chi connectivity index (χ4v) is 7.57. The molecule has 0 unspecified atom stereocenters. The molecule has 1 aromatic rings. The summed E-state index contributed by atoms with van der Waals surface area (Å²) in [4.78, 5) is 32.4. The van der Waals surface area contributed by atoms with Gasteiger partial charge in [0.15, 0.2) is 0 Å². The molecule has 0 fully saturated rings. The highest BCUT2D eigenvalue weighted by molar-refractivity contribution is 6.07. The number of benzene rings is 1. The van der Waals surface area contributed by atoms with E-state index in [1.807, 2.05) is 25.1 Å². The van der Waals surface area contributed by atoms with E-state index >= 15 is 0 Å². The molecule has 0 spiro atoms. The molecule has 2 heterocycles. The number of carbonyl (C=O) groups excluding carboxylic acids is 2. The van der Waals surface area contributed by atoms with Gasteiger partial charge in [-0.2, -0.15) is 0 Å². The lowest BCUT2D eigenvalue weighted by Crippen LogP contribution is -2.48. The number of anilines is 2. The molecule has 0 bridgehead atoms. The van der Waals surface area contributed by atoms with Crippen LogP contribution in [0.15, 0.2) is 41.7 Å². The SMILES string of the molecule is Cc1ccc(NC(=O)C2=CN(C(C)(C)CC(C)(C)C)CCC2(C)C)cc1NC(=O)C1=CN(C(C)(C)CC(C)(C)C)CCC1(C)C. The van der Waals surface area contributed by atoms with Crippen LogP contribution in [0.5, 0.6) is 0 Å². The van der Waals surface area contributed by atoms with Crippen molar-refractivity contribution >= 4 is 23.2 Å². The zero-order chi connectivity index (χ0) is 34.4. The standard InChI is InChI=1S/C39H64N4O2/c1-27-16-17-28(40-32(44)29-23-42(20-18-36(29,8)9)38(12,13)25-34(2,3)4)22-31(27)41-33(45)30-24-43(21-19-37(30,10)11)39(14,15)26-35(5,6)7/h16-17,22-24H,18-21,25-26H2,1-15H3,(H,40,44)(H,41,45). The maximum Gasteiger partial charge on any atom is 0.253 e. The minimum atomic E-state index is -0.246. The summed E-state index contributed by atoms with van der Waals surface area (Å²) in [5.41, 5.74) is 3.64. The van der Waals surface area contributed by atoms with E-state index in [9.17, 15) is 9.59 Å². The molecule has 45 heavy (non-hydrogen) atoms. The monoisotopic (exact) mass is 621 g/mol. The smallest absolute Gasteiger partial charge is 0.253 e. The molecule has 0 saturated carbocycles. The lowest BCUT2D eigenvalue weighted by Gasteiger charge is -2.47. The van der Waals surface area contributed by atoms with Crippen molar-refractivity contribution in [1.82, 2.24) is 9.80 Å². The van der Waals surface area contributed by atoms with Gasteiger partial charge in [0.05, 0.1) is 0 Å². The Balaban J connectivity index is 1.85. The highest BCUT2D eigenvalue weighted by Gasteiger charge is 2.40. The third-order valence-corrected chi connectivity index (χ3v) is 9.70. The molecule has 0 aliphatic carbocycles. The van der Waals surface area contributed by atoms with Crippen LogP contribution in [-0.4, -0.2) is 45.8 Å². The second-order valence-corrected chi connectivity index (χ2v) is 18.8. The molecule has 0 saturated heterocycles. The molecule has 252 valence electrons. The second-order valence-electron chi connectivity index (χ2n) is 18.8. The lowest BCUT2D eigenvalue weighted by atomic mass is 9.75. The van der Waals surface area contributed by atoms with Gasteiger partial charge in [0, 0.05) is 59.1 Å². The number of aryl methyl sites for hydroxylation is 1. The van der Waals surface area contributed by atoms with E-state index in [-0.39, 0.29) is 44.6 Å². The predicted octanol–water partition coefficient (Wildman–Crippen LogP) is 9.53.